The van der Waals surface area contributed by atoms with Crippen LogP contribution >= 0.6 is 0 Å². The van der Waals surface area contributed by atoms with Crippen LogP contribution in [0.1, 0.15) is 6.92 Å². The Morgan fingerprint density at radius 1 is 1.47 bits per heavy atom. The first-order valence-corrected chi connectivity index (χ1v) is 4.94. The molecule has 0 aliphatic heterocycles. The Morgan fingerprint density at radius 3 is 2.65 bits per heavy atom. The van der Waals surface area contributed by atoms with Crippen molar-refractivity contribution < 1.29 is 19.1 Å². The molecule has 1 rings (SSSR count). The minimum absolute atomic E-state index is 0.347. The van der Waals surface area contributed by atoms with Gasteiger partial charge in [0.25, 0.3) is 0 Å². The number of nitrogens with one attached hydrogen (secondary N) is 1. The highest BCUT2D eigenvalue weighted by Gasteiger charge is 2.17. The highest BCUT2D eigenvalue weighted by atomic mass is 19.1. The summed E-state index contributed by atoms with van der Waals surface area (Å²) >= 11 is 0. The van der Waals surface area contributed by atoms with Crippen LogP contribution in [-0.2, 0) is 4.79 Å². The predicted molar refractivity (Wildman–Crippen MR) is 60.4 cm³/mol. The van der Waals surface area contributed by atoms with Crippen LogP contribution < -0.4 is 10.2 Å². The average molecular weight is 240 g/mol. The van der Waals surface area contributed by atoms with Gasteiger partial charge in [-0.15, -0.1) is 0 Å². The van der Waals surface area contributed by atoms with Crippen LogP contribution in [0.4, 0.5) is 14.9 Å². The highest BCUT2D eigenvalue weighted by Crippen LogP contribution is 2.13. The summed E-state index contributed by atoms with van der Waals surface area (Å²) in [6.45, 7) is 1.35. The first kappa shape index (κ1) is 13.0. The van der Waals surface area contributed by atoms with Gasteiger partial charge in [0.05, 0.1) is 0 Å². The van der Waals surface area contributed by atoms with Crippen molar-refractivity contribution in [2.24, 2.45) is 0 Å². The van der Waals surface area contributed by atoms with Crippen molar-refractivity contribution in [1.29, 1.82) is 0 Å². The average Bonchev–Trinajstić information content (AvgIpc) is 2.27. The number of carboxylic acid groups (broad SMARTS) is 1. The third-order valence-corrected chi connectivity index (χ3v) is 2.21. The molecule has 0 saturated carbocycles. The van der Waals surface area contributed by atoms with Crippen molar-refractivity contribution in [2.75, 3.05) is 11.9 Å². The molecule has 1 aromatic rings. The molecule has 6 heteroatoms. The van der Waals surface area contributed by atoms with Gasteiger partial charge in [0.15, 0.2) is 0 Å². The first-order chi connectivity index (χ1) is 7.91. The topological polar surface area (TPSA) is 69.6 Å². The zero-order valence-corrected chi connectivity index (χ0v) is 9.48. The number of carboxylic acids is 1. The van der Waals surface area contributed by atoms with Crippen molar-refractivity contribution in [3.05, 3.63) is 30.1 Å². The molecule has 0 fully saturated rings. The Morgan fingerprint density at radius 2 is 2.12 bits per heavy atom. The van der Waals surface area contributed by atoms with Crippen LogP contribution in [0.5, 0.6) is 0 Å². The van der Waals surface area contributed by atoms with E-state index >= 15 is 0 Å². The molecule has 1 atom stereocenters. The number of nitrogens with zero attached hydrogens (tertiary/aromatic N) is 1. The van der Waals surface area contributed by atoms with Gasteiger partial charge >= 0.3 is 12.0 Å². The fraction of sp³-hybridized carbons (Fsp3) is 0.273. The number of urea groups is 1. The molecule has 1 aromatic carbocycles. The van der Waals surface area contributed by atoms with E-state index in [1.807, 2.05) is 0 Å². The minimum Gasteiger partial charge on any atom is -0.480 e. The van der Waals surface area contributed by atoms with E-state index in [0.717, 1.165) is 4.90 Å². The maximum Gasteiger partial charge on any atom is 0.325 e. The second kappa shape index (κ2) is 5.29. The van der Waals surface area contributed by atoms with Gasteiger partial charge < -0.3 is 10.4 Å². The fourth-order valence-corrected chi connectivity index (χ4v) is 1.15. The fourth-order valence-electron chi connectivity index (χ4n) is 1.15. The Bertz CT molecular complexity index is 436. The number of hydrogen-bond acceptors (Lipinski definition) is 2. The summed E-state index contributed by atoms with van der Waals surface area (Å²) in [5.41, 5.74) is 0.347. The predicted octanol–water partition coefficient (Wildman–Crippen LogP) is 1.44. The number of hydrogen-bond donors (Lipinski definition) is 2. The molecule has 1 unspecified atom stereocenters. The molecule has 0 spiro atoms. The molecule has 2 amide bonds. The summed E-state index contributed by atoms with van der Waals surface area (Å²) in [6.07, 6.45) is 0. The van der Waals surface area contributed by atoms with Gasteiger partial charge in [-0.25, -0.2) is 9.18 Å². The summed E-state index contributed by atoms with van der Waals surface area (Å²) in [5.74, 6) is -1.60. The SMILES string of the molecule is CC(NC(=O)N(C)c1cccc(F)c1)C(=O)O. The number of anilines is 1. The van der Waals surface area contributed by atoms with Gasteiger partial charge in [0, 0.05) is 12.7 Å². The van der Waals surface area contributed by atoms with E-state index in [9.17, 15) is 14.0 Å². The number of carbonyl (C=O) groups excluding carboxylic acids is 1. The summed E-state index contributed by atoms with van der Waals surface area (Å²) in [7, 11) is 1.43. The number of carbonyl (C=O) groups is 2. The number of benzene rings is 1. The summed E-state index contributed by atoms with van der Waals surface area (Å²) in [5, 5.41) is 10.9. The lowest BCUT2D eigenvalue weighted by Crippen LogP contribution is -2.45. The van der Waals surface area contributed by atoms with E-state index in [-0.39, 0.29) is 0 Å². The summed E-state index contributed by atoms with van der Waals surface area (Å²) < 4.78 is 12.9. The third kappa shape index (κ3) is 3.44. The molecule has 0 aliphatic carbocycles. The van der Waals surface area contributed by atoms with Gasteiger partial charge in [0.1, 0.15) is 11.9 Å². The number of amides is 2. The largest absolute Gasteiger partial charge is 0.480 e. The molecule has 0 radical (unpaired) electrons. The van der Waals surface area contributed by atoms with Crippen LogP contribution in [0.25, 0.3) is 0 Å². The Labute approximate surface area is 97.8 Å². The van der Waals surface area contributed by atoms with Crippen LogP contribution in [-0.4, -0.2) is 30.2 Å². The molecule has 0 heterocycles. The van der Waals surface area contributed by atoms with E-state index in [1.165, 1.54) is 32.2 Å². The first-order valence-electron chi connectivity index (χ1n) is 4.94. The van der Waals surface area contributed by atoms with Crippen molar-refractivity contribution in [2.45, 2.75) is 13.0 Å². The molecule has 0 aromatic heterocycles. The van der Waals surface area contributed by atoms with Gasteiger partial charge in [-0.3, -0.25) is 9.69 Å². The summed E-state index contributed by atoms with van der Waals surface area (Å²) in [4.78, 5) is 23.3. The number of halogens is 1. The molecule has 5 nitrogen and oxygen atoms in total. The zero-order chi connectivity index (χ0) is 13.0. The third-order valence-electron chi connectivity index (χ3n) is 2.21. The smallest absolute Gasteiger partial charge is 0.325 e. The summed E-state index contributed by atoms with van der Waals surface area (Å²) in [6, 6.07) is 3.85. The highest BCUT2D eigenvalue weighted by molar-refractivity contribution is 5.93. The van der Waals surface area contributed by atoms with Gasteiger partial charge in [-0.2, -0.15) is 0 Å². The van der Waals surface area contributed by atoms with Crippen molar-refractivity contribution in [3.8, 4) is 0 Å². The minimum atomic E-state index is -1.13. The molecular formula is C11H13FN2O3. The molecule has 0 aliphatic rings. The maximum absolute atomic E-state index is 12.9. The Balaban J connectivity index is 2.73. The van der Waals surface area contributed by atoms with Crippen LogP contribution in [0.15, 0.2) is 24.3 Å². The van der Waals surface area contributed by atoms with Crippen LogP contribution in [0.2, 0.25) is 0 Å². The van der Waals surface area contributed by atoms with E-state index < -0.39 is 23.9 Å². The standard InChI is InChI=1S/C11H13FN2O3/c1-7(10(15)16)13-11(17)14(2)9-5-3-4-8(12)6-9/h3-7H,1-2H3,(H,13,17)(H,15,16). The number of aliphatic carboxylic acids is 1. The molecule has 0 saturated heterocycles. The van der Waals surface area contributed by atoms with Crippen molar-refractivity contribution in [1.82, 2.24) is 5.32 Å². The number of rotatable bonds is 3. The van der Waals surface area contributed by atoms with E-state index in [4.69, 9.17) is 5.11 Å². The van der Waals surface area contributed by atoms with E-state index in [1.54, 1.807) is 6.07 Å². The monoisotopic (exact) mass is 240 g/mol. The van der Waals surface area contributed by atoms with Gasteiger partial charge in [0.2, 0.25) is 0 Å². The molecule has 0 bridgehead atoms. The van der Waals surface area contributed by atoms with Crippen molar-refractivity contribution >= 4 is 17.7 Å². The van der Waals surface area contributed by atoms with Crippen LogP contribution in [0, 0.1) is 5.82 Å². The lowest BCUT2D eigenvalue weighted by atomic mass is 10.3. The lowest BCUT2D eigenvalue weighted by molar-refractivity contribution is -0.138. The molecule has 92 valence electrons. The second-order valence-electron chi connectivity index (χ2n) is 3.55. The second-order valence-corrected chi connectivity index (χ2v) is 3.55. The van der Waals surface area contributed by atoms with E-state index in [2.05, 4.69) is 5.32 Å². The molecule has 2 N–H and O–H groups in total. The van der Waals surface area contributed by atoms with Crippen molar-refractivity contribution in [3.63, 3.8) is 0 Å². The quantitative estimate of drug-likeness (QED) is 0.840. The van der Waals surface area contributed by atoms with Gasteiger partial charge in [-0.1, -0.05) is 6.07 Å². The maximum atomic E-state index is 12.9. The molecule has 17 heavy (non-hydrogen) atoms. The van der Waals surface area contributed by atoms with E-state index in [0.29, 0.717) is 5.69 Å². The van der Waals surface area contributed by atoms with Gasteiger partial charge in [-0.05, 0) is 25.1 Å². The Kier molecular flexibility index (Phi) is 4.03. The van der Waals surface area contributed by atoms with Crippen LogP contribution in [0.3, 0.4) is 0 Å². The normalized spacial score (nSPS) is 11.7. The molecular weight excluding hydrogens is 227 g/mol. The zero-order valence-electron chi connectivity index (χ0n) is 9.48. The Hall–Kier alpha value is -2.11. The lowest BCUT2D eigenvalue weighted by Gasteiger charge is -2.19.